The van der Waals surface area contributed by atoms with Gasteiger partial charge in [-0.3, -0.25) is 0 Å². The third kappa shape index (κ3) is 8.51. The molecule has 0 radical (unpaired) electrons. The summed E-state index contributed by atoms with van der Waals surface area (Å²) in [6, 6.07) is 0.113. The SMILES string of the molecule is C[SiH2]O[Si](C)(C)O[Si](C)(C)CCC(F)(F)F. The van der Waals surface area contributed by atoms with E-state index < -0.39 is 39.2 Å². The molecule has 0 fully saturated rings. The molecule has 16 heavy (non-hydrogen) atoms. The van der Waals surface area contributed by atoms with Crippen molar-refractivity contribution in [3.63, 3.8) is 0 Å². The monoisotopic (exact) mass is 290 g/mol. The van der Waals surface area contributed by atoms with Crippen molar-refractivity contribution in [3.05, 3.63) is 0 Å². The fraction of sp³-hybridized carbons (Fsp3) is 1.00. The number of halogens is 3. The molecule has 0 aromatic carbocycles. The molecular formula is C8H21F3O2Si3. The maximum absolute atomic E-state index is 12.1. The van der Waals surface area contributed by atoms with Crippen LogP contribution in [0.2, 0.25) is 38.8 Å². The Kier molecular flexibility index (Phi) is 5.94. The average Bonchev–Trinajstić information content (AvgIpc) is 1.97. The molecule has 0 rings (SSSR count). The predicted molar refractivity (Wildman–Crippen MR) is 67.0 cm³/mol. The summed E-state index contributed by atoms with van der Waals surface area (Å²) >= 11 is 0. The van der Waals surface area contributed by atoms with E-state index in [0.29, 0.717) is 0 Å². The van der Waals surface area contributed by atoms with Gasteiger partial charge in [0.15, 0.2) is 8.32 Å². The summed E-state index contributed by atoms with van der Waals surface area (Å²) in [6.07, 6.45) is -4.83. The smallest absolute Gasteiger partial charge is 0.388 e. The standard InChI is InChI=1S/C8H21F3O2Si3/c1-14-12-16(4,5)13-15(2,3)7-6-8(9,10)11/h6-7,14H2,1-5H3. The van der Waals surface area contributed by atoms with Gasteiger partial charge in [-0.25, -0.2) is 0 Å². The molecule has 0 saturated carbocycles. The van der Waals surface area contributed by atoms with Gasteiger partial charge in [-0.2, -0.15) is 13.2 Å². The Morgan fingerprint density at radius 2 is 1.62 bits per heavy atom. The molecular weight excluding hydrogens is 269 g/mol. The van der Waals surface area contributed by atoms with Gasteiger partial charge >= 0.3 is 14.7 Å². The molecule has 0 aromatic heterocycles. The maximum Gasteiger partial charge on any atom is 0.388 e. The van der Waals surface area contributed by atoms with E-state index in [1.807, 2.05) is 32.7 Å². The van der Waals surface area contributed by atoms with E-state index in [1.54, 1.807) is 0 Å². The van der Waals surface area contributed by atoms with Crippen molar-refractivity contribution in [2.75, 3.05) is 0 Å². The van der Waals surface area contributed by atoms with Gasteiger partial charge in [0.25, 0.3) is 0 Å². The second kappa shape index (κ2) is 5.80. The van der Waals surface area contributed by atoms with Crippen molar-refractivity contribution in [1.82, 2.24) is 0 Å². The van der Waals surface area contributed by atoms with Gasteiger partial charge in [0.05, 0.1) is 0 Å². The van der Waals surface area contributed by atoms with E-state index in [0.717, 1.165) is 0 Å². The van der Waals surface area contributed by atoms with E-state index in [4.69, 9.17) is 8.23 Å². The Bertz CT molecular complexity index is 219. The van der Waals surface area contributed by atoms with Crippen LogP contribution >= 0.6 is 0 Å². The summed E-state index contributed by atoms with van der Waals surface area (Å²) in [7, 11) is -4.99. The summed E-state index contributed by atoms with van der Waals surface area (Å²) in [5.41, 5.74) is 0. The van der Waals surface area contributed by atoms with Crippen molar-refractivity contribution < 1.29 is 21.4 Å². The van der Waals surface area contributed by atoms with Crippen molar-refractivity contribution in [2.45, 2.75) is 51.4 Å². The van der Waals surface area contributed by atoms with Crippen LogP contribution in [0.15, 0.2) is 0 Å². The Hall–Kier alpha value is 0.361. The van der Waals surface area contributed by atoms with Crippen LogP contribution in [0.3, 0.4) is 0 Å². The van der Waals surface area contributed by atoms with E-state index in [2.05, 4.69) is 0 Å². The molecule has 0 bridgehead atoms. The van der Waals surface area contributed by atoms with Gasteiger partial charge < -0.3 is 8.23 Å². The first-order chi connectivity index (χ1) is 6.97. The molecule has 0 saturated heterocycles. The van der Waals surface area contributed by atoms with Crippen molar-refractivity contribution in [3.8, 4) is 0 Å². The molecule has 0 aliphatic rings. The van der Waals surface area contributed by atoms with Crippen LogP contribution in [0.5, 0.6) is 0 Å². The van der Waals surface area contributed by atoms with Crippen LogP contribution in [0.1, 0.15) is 6.42 Å². The minimum atomic E-state index is -4.08. The van der Waals surface area contributed by atoms with Crippen LogP contribution in [0, 0.1) is 0 Å². The second-order valence-corrected chi connectivity index (χ2v) is 14.2. The summed E-state index contributed by atoms with van der Waals surface area (Å²) in [5.74, 6) is 0. The molecule has 0 atom stereocenters. The Morgan fingerprint density at radius 3 is 2.00 bits per heavy atom. The van der Waals surface area contributed by atoms with Gasteiger partial charge in [-0.15, -0.1) is 0 Å². The van der Waals surface area contributed by atoms with Gasteiger partial charge in [-0.1, -0.05) is 6.55 Å². The zero-order chi connectivity index (χ0) is 13.0. The summed E-state index contributed by atoms with van der Waals surface area (Å²) in [6.45, 7) is 9.47. The third-order valence-electron chi connectivity index (χ3n) is 2.02. The lowest BCUT2D eigenvalue weighted by molar-refractivity contribution is -0.131. The molecule has 0 unspecified atom stereocenters. The fourth-order valence-electron chi connectivity index (χ4n) is 1.54. The average molecular weight is 291 g/mol. The molecule has 98 valence electrons. The molecule has 0 amide bonds. The summed E-state index contributed by atoms with van der Waals surface area (Å²) in [4.78, 5) is 0. The fourth-order valence-corrected chi connectivity index (χ4v) is 11.7. The van der Waals surface area contributed by atoms with Gasteiger partial charge in [0.1, 0.15) is 9.76 Å². The second-order valence-electron chi connectivity index (χ2n) is 4.81. The van der Waals surface area contributed by atoms with Gasteiger partial charge in [0, 0.05) is 6.42 Å². The highest BCUT2D eigenvalue weighted by atomic mass is 28.5. The van der Waals surface area contributed by atoms with Crippen LogP contribution in [0.25, 0.3) is 0 Å². The summed E-state index contributed by atoms with van der Waals surface area (Å²) in [5, 5.41) is 0. The number of alkyl halides is 3. The van der Waals surface area contributed by atoms with Crippen LogP contribution in [-0.2, 0) is 8.23 Å². The van der Waals surface area contributed by atoms with Gasteiger partial charge in [-0.05, 0) is 32.2 Å². The minimum Gasteiger partial charge on any atom is -0.442 e. The highest BCUT2D eigenvalue weighted by Crippen LogP contribution is 2.28. The lowest BCUT2D eigenvalue weighted by Gasteiger charge is -2.33. The zero-order valence-corrected chi connectivity index (χ0v) is 14.0. The van der Waals surface area contributed by atoms with E-state index in [9.17, 15) is 13.2 Å². The van der Waals surface area contributed by atoms with Crippen molar-refractivity contribution in [1.29, 1.82) is 0 Å². The molecule has 8 heteroatoms. The van der Waals surface area contributed by atoms with Crippen molar-refractivity contribution in [2.24, 2.45) is 0 Å². The molecule has 0 heterocycles. The molecule has 0 aliphatic heterocycles. The topological polar surface area (TPSA) is 18.5 Å². The molecule has 0 spiro atoms. The van der Waals surface area contributed by atoms with E-state index >= 15 is 0 Å². The first-order valence-corrected chi connectivity index (χ1v) is 13.3. The molecule has 0 aliphatic carbocycles. The van der Waals surface area contributed by atoms with Crippen molar-refractivity contribution >= 4 is 26.6 Å². The Morgan fingerprint density at radius 1 is 1.12 bits per heavy atom. The molecule has 2 nitrogen and oxygen atoms in total. The predicted octanol–water partition coefficient (Wildman–Crippen LogP) is 3.01. The molecule has 0 aromatic rings. The lowest BCUT2D eigenvalue weighted by Crippen LogP contribution is -2.47. The first-order valence-electron chi connectivity index (χ1n) is 5.38. The van der Waals surface area contributed by atoms with Crippen LogP contribution in [-0.4, -0.2) is 32.8 Å². The minimum absolute atomic E-state index is 0.113. The lowest BCUT2D eigenvalue weighted by atomic mass is 10.5. The highest BCUT2D eigenvalue weighted by Gasteiger charge is 2.37. The molecule has 0 N–H and O–H groups in total. The van der Waals surface area contributed by atoms with Crippen LogP contribution in [0.4, 0.5) is 13.2 Å². The van der Waals surface area contributed by atoms with E-state index in [1.165, 1.54) is 0 Å². The van der Waals surface area contributed by atoms with Crippen LogP contribution < -0.4 is 0 Å². The quantitative estimate of drug-likeness (QED) is 0.700. The number of hydrogen-bond acceptors (Lipinski definition) is 2. The normalized spacial score (nSPS) is 15.0. The summed E-state index contributed by atoms with van der Waals surface area (Å²) < 4.78 is 47.8. The maximum atomic E-state index is 12.1. The third-order valence-corrected chi connectivity index (χ3v) is 11.6. The zero-order valence-electron chi connectivity index (χ0n) is 10.6. The highest BCUT2D eigenvalue weighted by molar-refractivity contribution is 6.83. The Balaban J connectivity index is 4.23. The first kappa shape index (κ1) is 16.4. The largest absolute Gasteiger partial charge is 0.442 e. The Labute approximate surface area is 99.8 Å². The van der Waals surface area contributed by atoms with E-state index in [-0.39, 0.29) is 6.04 Å². The number of rotatable bonds is 6. The van der Waals surface area contributed by atoms with Gasteiger partial charge in [0.2, 0.25) is 0 Å². The number of hydrogen-bond donors (Lipinski definition) is 0.